The molecule has 0 aliphatic heterocycles. The summed E-state index contributed by atoms with van der Waals surface area (Å²) < 4.78 is 29.4. The van der Waals surface area contributed by atoms with E-state index >= 15 is 0 Å². The van der Waals surface area contributed by atoms with Crippen LogP contribution in [0.3, 0.4) is 0 Å². The summed E-state index contributed by atoms with van der Waals surface area (Å²) in [5.74, 6) is -0.485. The summed E-state index contributed by atoms with van der Waals surface area (Å²) in [5, 5.41) is 0. The maximum Gasteiger partial charge on any atom is 0.139 e. The number of imidazole rings is 2. The summed E-state index contributed by atoms with van der Waals surface area (Å²) in [5.41, 5.74) is 2.81. The van der Waals surface area contributed by atoms with Crippen molar-refractivity contribution >= 4 is 33.6 Å². The number of hydrogen-bond donors (Lipinski definition) is 0. The molecule has 0 fully saturated rings. The number of halogens is 3. The largest absolute Gasteiger partial charge is 0.303 e. The Bertz CT molecular complexity index is 867. The van der Waals surface area contributed by atoms with Crippen molar-refractivity contribution in [3.63, 3.8) is 0 Å². The van der Waals surface area contributed by atoms with Crippen LogP contribution in [-0.2, 0) is 0 Å². The predicted molar refractivity (Wildman–Crippen MR) is 87.8 cm³/mol. The van der Waals surface area contributed by atoms with Gasteiger partial charge in [0, 0.05) is 12.4 Å². The molecule has 0 saturated carbocycles. The zero-order valence-electron chi connectivity index (χ0n) is 11.5. The second-order valence-electron chi connectivity index (χ2n) is 4.65. The van der Waals surface area contributed by atoms with Crippen LogP contribution in [0.25, 0.3) is 11.0 Å². The van der Waals surface area contributed by atoms with Gasteiger partial charge < -0.3 is 8.80 Å². The van der Waals surface area contributed by atoms with Crippen LogP contribution in [0.15, 0.2) is 49.3 Å². The van der Waals surface area contributed by atoms with E-state index < -0.39 is 0 Å². The van der Waals surface area contributed by atoms with E-state index in [4.69, 9.17) is 0 Å². The van der Waals surface area contributed by atoms with Gasteiger partial charge in [-0.3, -0.25) is 0 Å². The fraction of sp³-hybridized carbons (Fsp3) is 0.0667. The number of rotatable bonds is 0. The average Bonchev–Trinajstić information content (AvgIpc) is 3.03. The standard InChI is InChI=1S/C8H7FN2.C7H4FIN2/c1-6-8-3-2-7(9)4-11(8)5-10-6;8-5-1-2-6-7(9)10-4-11(6)3-5/h2-5H,1H3;1-4H. The van der Waals surface area contributed by atoms with Crippen molar-refractivity contribution in [3.05, 3.63) is 70.3 Å². The van der Waals surface area contributed by atoms with Gasteiger partial charge in [-0.15, -0.1) is 0 Å². The third kappa shape index (κ3) is 2.94. The zero-order valence-corrected chi connectivity index (χ0v) is 13.7. The molecule has 0 spiro atoms. The molecule has 0 N–H and O–H groups in total. The van der Waals surface area contributed by atoms with Crippen LogP contribution in [0.5, 0.6) is 0 Å². The van der Waals surface area contributed by atoms with E-state index in [1.165, 1.54) is 24.5 Å². The third-order valence-electron chi connectivity index (χ3n) is 3.14. The van der Waals surface area contributed by atoms with Gasteiger partial charge in [-0.25, -0.2) is 18.7 Å². The molecule has 0 aromatic carbocycles. The lowest BCUT2D eigenvalue weighted by atomic mass is 10.3. The summed E-state index contributed by atoms with van der Waals surface area (Å²) >= 11 is 2.11. The third-order valence-corrected chi connectivity index (χ3v) is 3.97. The van der Waals surface area contributed by atoms with E-state index in [0.717, 1.165) is 20.4 Å². The van der Waals surface area contributed by atoms with E-state index in [0.29, 0.717) is 0 Å². The molecule has 4 aromatic heterocycles. The molecule has 4 aromatic rings. The number of nitrogens with zero attached hydrogens (tertiary/aromatic N) is 4. The minimum Gasteiger partial charge on any atom is -0.303 e. The molecule has 0 saturated heterocycles. The number of fused-ring (bicyclic) bond motifs is 2. The first kappa shape index (κ1) is 14.9. The van der Waals surface area contributed by atoms with Crippen molar-refractivity contribution in [1.82, 2.24) is 18.8 Å². The average molecular weight is 412 g/mol. The lowest BCUT2D eigenvalue weighted by molar-refractivity contribution is 0.619. The van der Waals surface area contributed by atoms with Crippen LogP contribution in [-0.4, -0.2) is 18.8 Å². The van der Waals surface area contributed by atoms with Gasteiger partial charge in [0.2, 0.25) is 0 Å². The second-order valence-corrected chi connectivity index (χ2v) is 5.67. The Morgan fingerprint density at radius 3 is 2.09 bits per heavy atom. The van der Waals surface area contributed by atoms with Crippen molar-refractivity contribution in [3.8, 4) is 0 Å². The first-order chi connectivity index (χ1) is 10.5. The summed E-state index contributed by atoms with van der Waals surface area (Å²) in [4.78, 5) is 8.05. The molecule has 0 amide bonds. The van der Waals surface area contributed by atoms with Crippen LogP contribution in [0.4, 0.5) is 8.78 Å². The Hall–Kier alpha value is -2.03. The smallest absolute Gasteiger partial charge is 0.139 e. The Morgan fingerprint density at radius 2 is 1.41 bits per heavy atom. The fourth-order valence-corrected chi connectivity index (χ4v) is 2.63. The summed E-state index contributed by atoms with van der Waals surface area (Å²) in [6, 6.07) is 6.30. The van der Waals surface area contributed by atoms with Crippen LogP contribution in [0.1, 0.15) is 5.69 Å². The van der Waals surface area contributed by atoms with Crippen LogP contribution in [0.2, 0.25) is 0 Å². The molecule has 4 rings (SSSR count). The van der Waals surface area contributed by atoms with Gasteiger partial charge in [-0.2, -0.15) is 0 Å². The Morgan fingerprint density at radius 1 is 0.864 bits per heavy atom. The van der Waals surface area contributed by atoms with Gasteiger partial charge in [0.05, 0.1) is 23.1 Å². The van der Waals surface area contributed by atoms with Crippen molar-refractivity contribution in [1.29, 1.82) is 0 Å². The Balaban J connectivity index is 0.000000131. The monoisotopic (exact) mass is 412 g/mol. The van der Waals surface area contributed by atoms with Crippen LogP contribution in [0, 0.1) is 22.3 Å². The topological polar surface area (TPSA) is 34.6 Å². The molecule has 4 nitrogen and oxygen atoms in total. The number of hydrogen-bond acceptors (Lipinski definition) is 2. The van der Waals surface area contributed by atoms with Crippen molar-refractivity contribution in [2.45, 2.75) is 6.92 Å². The first-order valence-corrected chi connectivity index (χ1v) is 7.49. The van der Waals surface area contributed by atoms with Gasteiger partial charge in [0.15, 0.2) is 0 Å². The molecular weight excluding hydrogens is 401 g/mol. The maximum absolute atomic E-state index is 12.6. The maximum atomic E-state index is 12.6. The normalized spacial score (nSPS) is 10.7. The molecule has 0 aliphatic carbocycles. The van der Waals surface area contributed by atoms with E-state index in [9.17, 15) is 8.78 Å². The molecule has 0 radical (unpaired) electrons. The highest BCUT2D eigenvalue weighted by Gasteiger charge is 2.00. The van der Waals surface area contributed by atoms with Gasteiger partial charge >= 0.3 is 0 Å². The number of aryl methyl sites for hydroxylation is 1. The molecule has 0 unspecified atom stereocenters. The van der Waals surface area contributed by atoms with Crippen LogP contribution >= 0.6 is 22.6 Å². The summed E-state index contributed by atoms with van der Waals surface area (Å²) in [6.07, 6.45) is 6.02. The van der Waals surface area contributed by atoms with Crippen LogP contribution < -0.4 is 0 Å². The molecule has 0 bridgehead atoms. The van der Waals surface area contributed by atoms with Gasteiger partial charge in [0.1, 0.15) is 21.7 Å². The highest BCUT2D eigenvalue weighted by Crippen LogP contribution is 2.12. The Kier molecular flexibility index (Phi) is 4.06. The SMILES string of the molecule is Cc1ncn2cc(F)ccc12.Fc1ccc2c(I)ncn2c1. The summed E-state index contributed by atoms with van der Waals surface area (Å²) in [6.45, 7) is 1.90. The Labute approximate surface area is 138 Å². The molecule has 4 heterocycles. The molecule has 0 atom stereocenters. The fourth-order valence-electron chi connectivity index (χ4n) is 2.05. The summed E-state index contributed by atoms with van der Waals surface area (Å²) in [7, 11) is 0. The minimum atomic E-state index is -0.244. The van der Waals surface area contributed by atoms with Crippen molar-refractivity contribution < 1.29 is 8.78 Å². The van der Waals surface area contributed by atoms with Crippen molar-refractivity contribution in [2.75, 3.05) is 0 Å². The first-order valence-electron chi connectivity index (χ1n) is 6.41. The predicted octanol–water partition coefficient (Wildman–Crippen LogP) is 3.86. The van der Waals surface area contributed by atoms with Gasteiger partial charge in [0.25, 0.3) is 0 Å². The molecule has 0 aliphatic rings. The minimum absolute atomic E-state index is 0.241. The van der Waals surface area contributed by atoms with Crippen molar-refractivity contribution in [2.24, 2.45) is 0 Å². The quantitative estimate of drug-likeness (QED) is 0.411. The molecule has 7 heteroatoms. The van der Waals surface area contributed by atoms with Gasteiger partial charge in [-0.05, 0) is 53.8 Å². The number of aromatic nitrogens is 4. The lowest BCUT2D eigenvalue weighted by Gasteiger charge is -1.92. The molecular formula is C15H11F2IN4. The molecule has 112 valence electrons. The van der Waals surface area contributed by atoms with E-state index in [1.807, 2.05) is 6.92 Å². The highest BCUT2D eigenvalue weighted by atomic mass is 127. The second kappa shape index (κ2) is 5.99. The van der Waals surface area contributed by atoms with E-state index in [-0.39, 0.29) is 11.6 Å². The van der Waals surface area contributed by atoms with E-state index in [2.05, 4.69) is 32.6 Å². The highest BCUT2D eigenvalue weighted by molar-refractivity contribution is 14.1. The lowest BCUT2D eigenvalue weighted by Crippen LogP contribution is -1.83. The van der Waals surface area contributed by atoms with Gasteiger partial charge in [-0.1, -0.05) is 0 Å². The molecule has 22 heavy (non-hydrogen) atoms. The zero-order chi connectivity index (χ0) is 15.7. The van der Waals surface area contributed by atoms with E-state index in [1.54, 1.807) is 33.6 Å². The number of pyridine rings is 2.